The van der Waals surface area contributed by atoms with E-state index in [9.17, 15) is 0 Å². The smallest absolute Gasteiger partial charge is 0.0600 e. The Bertz CT molecular complexity index is 473. The summed E-state index contributed by atoms with van der Waals surface area (Å²) >= 11 is 0. The van der Waals surface area contributed by atoms with Crippen molar-refractivity contribution < 1.29 is 0 Å². The summed E-state index contributed by atoms with van der Waals surface area (Å²) in [6.07, 6.45) is 11.9. The van der Waals surface area contributed by atoms with Gasteiger partial charge in [-0.1, -0.05) is 6.07 Å². The Balaban J connectivity index is 1.55. The van der Waals surface area contributed by atoms with Crippen molar-refractivity contribution >= 4 is 0 Å². The quantitative estimate of drug-likeness (QED) is 0.901. The lowest BCUT2D eigenvalue weighted by Gasteiger charge is -2.57. The van der Waals surface area contributed by atoms with E-state index in [1.807, 2.05) is 12.3 Å². The molecule has 0 spiro atoms. The topological polar surface area (TPSA) is 38.9 Å². The van der Waals surface area contributed by atoms with E-state index in [4.69, 9.17) is 5.73 Å². The van der Waals surface area contributed by atoms with Gasteiger partial charge in [0.1, 0.15) is 0 Å². The number of pyridine rings is 1. The van der Waals surface area contributed by atoms with Crippen molar-refractivity contribution in [1.82, 2.24) is 4.98 Å². The van der Waals surface area contributed by atoms with Crippen molar-refractivity contribution in [3.63, 3.8) is 0 Å². The molecule has 20 heavy (non-hydrogen) atoms. The van der Waals surface area contributed by atoms with Crippen LogP contribution in [0, 0.1) is 30.1 Å². The summed E-state index contributed by atoms with van der Waals surface area (Å²) in [6.45, 7) is 2.14. The minimum atomic E-state index is 0.132. The van der Waals surface area contributed by atoms with Crippen LogP contribution in [-0.2, 0) is 0 Å². The lowest BCUT2D eigenvalue weighted by molar-refractivity contribution is -0.0607. The highest BCUT2D eigenvalue weighted by Gasteiger charge is 2.51. The number of hydrogen-bond donors (Lipinski definition) is 1. The summed E-state index contributed by atoms with van der Waals surface area (Å²) in [5, 5.41) is 0. The standard InChI is InChI=1S/C18H26N2/c1-12-3-2-4-20-17(12)16(19)11-18-8-13-5-14(9-18)7-15(6-13)10-18/h2-4,13-16H,5-11,19H2,1H3. The Labute approximate surface area is 122 Å². The van der Waals surface area contributed by atoms with Gasteiger partial charge in [-0.2, -0.15) is 0 Å². The first kappa shape index (κ1) is 12.8. The van der Waals surface area contributed by atoms with Gasteiger partial charge < -0.3 is 5.73 Å². The molecule has 0 aliphatic heterocycles. The van der Waals surface area contributed by atoms with Crippen LogP contribution in [0.5, 0.6) is 0 Å². The Morgan fingerprint density at radius 2 is 1.80 bits per heavy atom. The fourth-order valence-electron chi connectivity index (χ4n) is 5.99. The van der Waals surface area contributed by atoms with E-state index in [2.05, 4.69) is 18.0 Å². The highest BCUT2D eigenvalue weighted by molar-refractivity contribution is 5.21. The molecule has 5 rings (SSSR count). The van der Waals surface area contributed by atoms with Crippen LogP contribution in [0.3, 0.4) is 0 Å². The summed E-state index contributed by atoms with van der Waals surface area (Å²) in [6, 6.07) is 4.28. The van der Waals surface area contributed by atoms with Crippen LogP contribution in [-0.4, -0.2) is 4.98 Å². The van der Waals surface area contributed by atoms with E-state index >= 15 is 0 Å². The molecule has 108 valence electrons. The first-order valence-electron chi connectivity index (χ1n) is 8.31. The van der Waals surface area contributed by atoms with E-state index in [0.717, 1.165) is 29.9 Å². The Morgan fingerprint density at radius 3 is 2.35 bits per heavy atom. The van der Waals surface area contributed by atoms with E-state index in [1.54, 1.807) is 0 Å². The van der Waals surface area contributed by atoms with E-state index in [1.165, 1.54) is 44.1 Å². The normalized spacial score (nSPS) is 40.0. The number of aryl methyl sites for hydroxylation is 1. The maximum Gasteiger partial charge on any atom is 0.0600 e. The highest BCUT2D eigenvalue weighted by Crippen LogP contribution is 2.62. The molecule has 1 unspecified atom stereocenters. The summed E-state index contributed by atoms with van der Waals surface area (Å²) < 4.78 is 0. The lowest BCUT2D eigenvalue weighted by atomic mass is 9.48. The van der Waals surface area contributed by atoms with E-state index in [0.29, 0.717) is 5.41 Å². The number of nitrogens with two attached hydrogens (primary N) is 1. The molecule has 2 nitrogen and oxygen atoms in total. The van der Waals surface area contributed by atoms with Crippen molar-refractivity contribution in [2.75, 3.05) is 0 Å². The molecular weight excluding hydrogens is 244 g/mol. The Morgan fingerprint density at radius 1 is 1.20 bits per heavy atom. The monoisotopic (exact) mass is 270 g/mol. The molecule has 1 heterocycles. The first-order chi connectivity index (χ1) is 9.63. The van der Waals surface area contributed by atoms with Crippen molar-refractivity contribution in [3.8, 4) is 0 Å². The molecule has 1 aromatic heterocycles. The third-order valence-electron chi connectivity index (χ3n) is 6.22. The second kappa shape index (κ2) is 4.56. The maximum atomic E-state index is 6.55. The summed E-state index contributed by atoms with van der Waals surface area (Å²) in [4.78, 5) is 4.55. The molecule has 1 atom stereocenters. The van der Waals surface area contributed by atoms with Gasteiger partial charge in [0.2, 0.25) is 0 Å². The van der Waals surface area contributed by atoms with Crippen LogP contribution in [0.2, 0.25) is 0 Å². The summed E-state index contributed by atoms with van der Waals surface area (Å²) in [5.74, 6) is 3.04. The van der Waals surface area contributed by atoms with Crippen molar-refractivity contribution in [2.45, 2.75) is 57.9 Å². The van der Waals surface area contributed by atoms with E-state index in [-0.39, 0.29) is 6.04 Å². The number of aromatic nitrogens is 1. The van der Waals surface area contributed by atoms with Crippen molar-refractivity contribution in [3.05, 3.63) is 29.6 Å². The van der Waals surface area contributed by atoms with Crippen molar-refractivity contribution in [2.24, 2.45) is 28.9 Å². The molecule has 0 saturated heterocycles. The molecule has 2 heteroatoms. The Hall–Kier alpha value is -0.890. The third-order valence-corrected chi connectivity index (χ3v) is 6.22. The third kappa shape index (κ3) is 2.09. The summed E-state index contributed by atoms with van der Waals surface area (Å²) in [5.41, 5.74) is 9.49. The highest BCUT2D eigenvalue weighted by atomic mass is 14.8. The summed E-state index contributed by atoms with van der Waals surface area (Å²) in [7, 11) is 0. The fraction of sp³-hybridized carbons (Fsp3) is 0.722. The van der Waals surface area contributed by atoms with Gasteiger partial charge in [-0.05, 0) is 86.7 Å². The molecule has 0 aromatic carbocycles. The average Bonchev–Trinajstić information content (AvgIpc) is 2.36. The van der Waals surface area contributed by atoms with Crippen LogP contribution in [0.25, 0.3) is 0 Å². The molecule has 4 aliphatic rings. The Kier molecular flexibility index (Phi) is 2.92. The number of hydrogen-bond acceptors (Lipinski definition) is 2. The molecule has 4 bridgehead atoms. The molecule has 0 amide bonds. The van der Waals surface area contributed by atoms with Gasteiger partial charge in [0.05, 0.1) is 5.69 Å². The van der Waals surface area contributed by atoms with Crippen LogP contribution in [0.1, 0.15) is 62.2 Å². The SMILES string of the molecule is Cc1cccnc1C(N)CC12CC3CC(CC(C3)C1)C2. The lowest BCUT2D eigenvalue weighted by Crippen LogP contribution is -2.47. The molecule has 2 N–H and O–H groups in total. The zero-order valence-corrected chi connectivity index (χ0v) is 12.5. The second-order valence-corrected chi connectivity index (χ2v) is 7.93. The molecule has 0 radical (unpaired) electrons. The maximum absolute atomic E-state index is 6.55. The predicted molar refractivity (Wildman–Crippen MR) is 81.1 cm³/mol. The van der Waals surface area contributed by atoms with Crippen LogP contribution in [0.15, 0.2) is 18.3 Å². The zero-order chi connectivity index (χ0) is 13.7. The van der Waals surface area contributed by atoms with Gasteiger partial charge in [-0.15, -0.1) is 0 Å². The van der Waals surface area contributed by atoms with Gasteiger partial charge >= 0.3 is 0 Å². The fourth-order valence-corrected chi connectivity index (χ4v) is 5.99. The van der Waals surface area contributed by atoms with Gasteiger partial charge in [0.25, 0.3) is 0 Å². The largest absolute Gasteiger partial charge is 0.323 e. The zero-order valence-electron chi connectivity index (χ0n) is 12.5. The van der Waals surface area contributed by atoms with E-state index < -0.39 is 0 Å². The molecule has 4 saturated carbocycles. The van der Waals surface area contributed by atoms with Gasteiger partial charge in [0, 0.05) is 12.2 Å². The molecule has 4 fully saturated rings. The average molecular weight is 270 g/mol. The molecule has 1 aromatic rings. The van der Waals surface area contributed by atoms with Crippen LogP contribution < -0.4 is 5.73 Å². The molecular formula is C18H26N2. The van der Waals surface area contributed by atoms with Crippen molar-refractivity contribution in [1.29, 1.82) is 0 Å². The minimum Gasteiger partial charge on any atom is -0.323 e. The van der Waals surface area contributed by atoms with Crippen LogP contribution in [0.4, 0.5) is 0 Å². The second-order valence-electron chi connectivity index (χ2n) is 7.93. The molecule has 4 aliphatic carbocycles. The van der Waals surface area contributed by atoms with Gasteiger partial charge in [0.15, 0.2) is 0 Å². The van der Waals surface area contributed by atoms with Crippen LogP contribution >= 0.6 is 0 Å². The minimum absolute atomic E-state index is 0.132. The number of rotatable bonds is 3. The predicted octanol–water partition coefficient (Wildman–Crippen LogP) is 4.00. The van der Waals surface area contributed by atoms with Gasteiger partial charge in [-0.3, -0.25) is 4.98 Å². The first-order valence-corrected chi connectivity index (χ1v) is 8.31. The van der Waals surface area contributed by atoms with Gasteiger partial charge in [-0.25, -0.2) is 0 Å². The number of nitrogens with zero attached hydrogens (tertiary/aromatic N) is 1.